The third-order valence-electron chi connectivity index (χ3n) is 2.38. The van der Waals surface area contributed by atoms with Crippen LogP contribution in [0.2, 0.25) is 0 Å². The largest absolute Gasteiger partial charge is 0.330 e. The second-order valence-corrected chi connectivity index (χ2v) is 4.72. The van der Waals surface area contributed by atoms with E-state index in [-0.39, 0.29) is 0 Å². The van der Waals surface area contributed by atoms with Crippen molar-refractivity contribution >= 4 is 33.8 Å². The Morgan fingerprint density at radius 2 is 1.94 bits per heavy atom. The van der Waals surface area contributed by atoms with Crippen molar-refractivity contribution in [2.45, 2.75) is 0 Å². The zero-order valence-corrected chi connectivity index (χ0v) is 9.94. The van der Waals surface area contributed by atoms with Gasteiger partial charge in [-0.05, 0) is 11.4 Å². The molecule has 0 spiro atoms. The number of aromatic nitrogens is 2. The molecule has 1 aromatic carbocycles. The van der Waals surface area contributed by atoms with Crippen LogP contribution in [0.25, 0.3) is 21.6 Å². The molecule has 0 radical (unpaired) electrons. The Bertz CT molecular complexity index is 683. The predicted octanol–water partition coefficient (Wildman–Crippen LogP) is 4.02. The van der Waals surface area contributed by atoms with Gasteiger partial charge in [0.25, 0.3) is 0 Å². The molecule has 0 aliphatic rings. The van der Waals surface area contributed by atoms with Gasteiger partial charge in [0.05, 0.1) is 0 Å². The molecule has 0 unspecified atom stereocenters. The molecule has 0 aliphatic carbocycles. The van der Waals surface area contributed by atoms with Gasteiger partial charge in [0.2, 0.25) is 0 Å². The van der Waals surface area contributed by atoms with Crippen molar-refractivity contribution in [3.63, 3.8) is 0 Å². The van der Waals surface area contributed by atoms with Crippen LogP contribution in [0.1, 0.15) is 0 Å². The average Bonchev–Trinajstić information content (AvgIpc) is 2.79. The number of thiophene rings is 1. The molecular formula is C12H8N2S2. The topological polar surface area (TPSA) is 28.7 Å². The Morgan fingerprint density at radius 1 is 1.12 bits per heavy atom. The molecule has 2 heterocycles. The minimum absolute atomic E-state index is 0.755. The Kier molecular flexibility index (Phi) is 2.31. The molecule has 3 rings (SSSR count). The summed E-state index contributed by atoms with van der Waals surface area (Å²) in [5.41, 5.74) is 1.06. The lowest BCUT2D eigenvalue weighted by molar-refractivity contribution is 1.22. The number of rotatable bonds is 1. The second kappa shape index (κ2) is 3.81. The molecule has 0 aliphatic heterocycles. The van der Waals surface area contributed by atoms with Crippen LogP contribution >= 0.6 is 23.6 Å². The summed E-state index contributed by atoms with van der Waals surface area (Å²) in [6, 6.07) is 12.0. The van der Waals surface area contributed by atoms with Crippen LogP contribution in [0.3, 0.4) is 0 Å². The number of H-pyrrole nitrogens is 1. The number of benzene rings is 1. The first-order valence-electron chi connectivity index (χ1n) is 4.87. The fourth-order valence-electron chi connectivity index (χ4n) is 1.60. The predicted molar refractivity (Wildman–Crippen MR) is 70.2 cm³/mol. The van der Waals surface area contributed by atoms with E-state index in [1.165, 1.54) is 0 Å². The third-order valence-corrected chi connectivity index (χ3v) is 3.51. The van der Waals surface area contributed by atoms with Gasteiger partial charge in [-0.2, -0.15) is 0 Å². The highest BCUT2D eigenvalue weighted by atomic mass is 32.1. The number of nitrogens with zero attached hydrogens (tertiary/aromatic N) is 1. The van der Waals surface area contributed by atoms with Crippen LogP contribution in [0.4, 0.5) is 0 Å². The summed E-state index contributed by atoms with van der Waals surface area (Å²) in [6.07, 6.45) is 0. The first kappa shape index (κ1) is 9.69. The second-order valence-electron chi connectivity index (χ2n) is 3.42. The van der Waals surface area contributed by atoms with E-state index in [0.717, 1.165) is 26.2 Å². The lowest BCUT2D eigenvalue weighted by Gasteiger charge is -2.00. The molecule has 4 heteroatoms. The summed E-state index contributed by atoms with van der Waals surface area (Å²) < 4.78 is 0.755. The van der Waals surface area contributed by atoms with Gasteiger partial charge in [-0.15, -0.1) is 11.3 Å². The molecular weight excluding hydrogens is 236 g/mol. The minimum Gasteiger partial charge on any atom is -0.330 e. The Balaban J connectivity index is 2.30. The lowest BCUT2D eigenvalue weighted by Crippen LogP contribution is -1.88. The first-order chi connectivity index (χ1) is 7.84. The highest BCUT2D eigenvalue weighted by molar-refractivity contribution is 7.71. The molecule has 0 amide bonds. The van der Waals surface area contributed by atoms with Crippen LogP contribution in [-0.4, -0.2) is 9.97 Å². The maximum absolute atomic E-state index is 5.31. The van der Waals surface area contributed by atoms with E-state index < -0.39 is 0 Å². The number of nitrogens with one attached hydrogen (secondary N) is 1. The molecule has 16 heavy (non-hydrogen) atoms. The van der Waals surface area contributed by atoms with Crippen LogP contribution in [0.15, 0.2) is 41.8 Å². The van der Waals surface area contributed by atoms with E-state index in [1.807, 2.05) is 41.8 Å². The van der Waals surface area contributed by atoms with Crippen LogP contribution in [0.5, 0.6) is 0 Å². The maximum atomic E-state index is 5.31. The highest BCUT2D eigenvalue weighted by Gasteiger charge is 2.03. The summed E-state index contributed by atoms with van der Waals surface area (Å²) in [7, 11) is 0. The van der Waals surface area contributed by atoms with Crippen molar-refractivity contribution in [3.05, 3.63) is 46.4 Å². The van der Waals surface area contributed by atoms with E-state index in [0.29, 0.717) is 0 Å². The van der Waals surface area contributed by atoms with Gasteiger partial charge < -0.3 is 4.98 Å². The number of hydrogen-bond donors (Lipinski definition) is 1. The maximum Gasteiger partial charge on any atom is 0.140 e. The fraction of sp³-hybridized carbons (Fsp3) is 0. The first-order valence-corrected chi connectivity index (χ1v) is 6.16. The summed E-state index contributed by atoms with van der Waals surface area (Å²) >= 11 is 6.92. The number of aromatic amines is 1. The normalized spacial score (nSPS) is 10.8. The zero-order valence-electron chi connectivity index (χ0n) is 8.31. The van der Waals surface area contributed by atoms with E-state index in [2.05, 4.69) is 9.97 Å². The van der Waals surface area contributed by atoms with Crippen molar-refractivity contribution < 1.29 is 0 Å². The molecule has 0 bridgehead atoms. The third kappa shape index (κ3) is 1.56. The molecule has 0 saturated heterocycles. The quantitative estimate of drug-likeness (QED) is 0.655. The van der Waals surface area contributed by atoms with Crippen molar-refractivity contribution in [2.75, 3.05) is 0 Å². The monoisotopic (exact) mass is 244 g/mol. The molecule has 0 saturated carbocycles. The fourth-order valence-corrected chi connectivity index (χ4v) is 2.70. The van der Waals surface area contributed by atoms with Gasteiger partial charge in [0.1, 0.15) is 15.3 Å². The van der Waals surface area contributed by atoms with E-state index in [9.17, 15) is 0 Å². The Labute approximate surface area is 102 Å². The summed E-state index contributed by atoms with van der Waals surface area (Å²) in [4.78, 5) is 8.71. The SMILES string of the molecule is S=c1[nH]c(-c2ccccc2)nc2sccc12. The lowest BCUT2D eigenvalue weighted by atomic mass is 10.2. The van der Waals surface area contributed by atoms with Crippen LogP contribution < -0.4 is 0 Å². The molecule has 3 aromatic rings. The van der Waals surface area contributed by atoms with Gasteiger partial charge in [-0.3, -0.25) is 0 Å². The standard InChI is InChI=1S/C12H8N2S2/c15-11-9-6-7-16-12(9)14-10(13-11)8-4-2-1-3-5-8/h1-7H,(H,13,14,15). The van der Waals surface area contributed by atoms with Crippen molar-refractivity contribution in [1.29, 1.82) is 0 Å². The van der Waals surface area contributed by atoms with E-state index in [1.54, 1.807) is 11.3 Å². The molecule has 0 fully saturated rings. The van der Waals surface area contributed by atoms with Crippen molar-refractivity contribution in [1.82, 2.24) is 9.97 Å². The zero-order chi connectivity index (χ0) is 11.0. The van der Waals surface area contributed by atoms with Gasteiger partial charge in [0.15, 0.2) is 0 Å². The number of fused-ring (bicyclic) bond motifs is 1. The molecule has 2 aromatic heterocycles. The van der Waals surface area contributed by atoms with E-state index >= 15 is 0 Å². The minimum atomic E-state index is 0.755. The van der Waals surface area contributed by atoms with Gasteiger partial charge in [0, 0.05) is 10.9 Å². The van der Waals surface area contributed by atoms with Crippen molar-refractivity contribution in [3.8, 4) is 11.4 Å². The molecule has 1 N–H and O–H groups in total. The smallest absolute Gasteiger partial charge is 0.140 e. The summed E-state index contributed by atoms with van der Waals surface area (Å²) in [6.45, 7) is 0. The Hall–Kier alpha value is -1.52. The van der Waals surface area contributed by atoms with Gasteiger partial charge >= 0.3 is 0 Å². The Morgan fingerprint density at radius 3 is 2.75 bits per heavy atom. The van der Waals surface area contributed by atoms with Gasteiger partial charge in [-0.25, -0.2) is 4.98 Å². The molecule has 2 nitrogen and oxygen atoms in total. The van der Waals surface area contributed by atoms with Crippen LogP contribution in [-0.2, 0) is 0 Å². The van der Waals surface area contributed by atoms with Gasteiger partial charge in [-0.1, -0.05) is 42.5 Å². The molecule has 0 atom stereocenters. The van der Waals surface area contributed by atoms with Crippen LogP contribution in [0, 0.1) is 4.64 Å². The number of hydrogen-bond acceptors (Lipinski definition) is 3. The van der Waals surface area contributed by atoms with Crippen molar-refractivity contribution in [2.24, 2.45) is 0 Å². The molecule has 78 valence electrons. The summed E-state index contributed by atoms with van der Waals surface area (Å²) in [5, 5.41) is 3.04. The van der Waals surface area contributed by atoms with E-state index in [4.69, 9.17) is 12.2 Å². The highest BCUT2D eigenvalue weighted by Crippen LogP contribution is 2.22. The summed E-state index contributed by atoms with van der Waals surface area (Å²) in [5.74, 6) is 0.834. The average molecular weight is 244 g/mol.